The third-order valence-electron chi connectivity index (χ3n) is 16.5. The van der Waals surface area contributed by atoms with Crippen molar-refractivity contribution in [1.29, 1.82) is 0 Å². The average Bonchev–Trinajstić information content (AvgIpc) is 4.12. The topological polar surface area (TPSA) is 9.23 Å². The Hall–Kier alpha value is -5.87. The number of rotatable bonds is 8. The van der Waals surface area contributed by atoms with Crippen molar-refractivity contribution >= 4 is 40.6 Å². The van der Waals surface area contributed by atoms with Crippen LogP contribution >= 0.6 is 11.8 Å². The summed E-state index contributed by atoms with van der Waals surface area (Å²) in [6.07, 6.45) is 10.1. The number of para-hydroxylation sites is 2. The summed E-state index contributed by atoms with van der Waals surface area (Å²) < 4.78 is 7.11. The second-order valence-corrected chi connectivity index (χ2v) is 25.7. The number of hydrogen-bond acceptors (Lipinski definition) is 2. The normalized spacial score (nSPS) is 17.3. The maximum Gasteiger partial charge on any atom is 0.179 e. The summed E-state index contributed by atoms with van der Waals surface area (Å²) in [5, 5.41) is 5.65. The van der Waals surface area contributed by atoms with Gasteiger partial charge in [-0.3, -0.25) is 0 Å². The Kier molecular flexibility index (Phi) is 10.6. The van der Waals surface area contributed by atoms with Crippen molar-refractivity contribution in [3.63, 3.8) is 0 Å². The smallest absolute Gasteiger partial charge is 0.179 e. The predicted octanol–water partition coefficient (Wildman–Crippen LogP) is 14.9. The van der Waals surface area contributed by atoms with Crippen LogP contribution in [0.2, 0.25) is 0 Å². The predicted molar refractivity (Wildman–Crippen MR) is 285 cm³/mol. The number of benzene rings is 8. The van der Waals surface area contributed by atoms with E-state index in [1.807, 2.05) is 11.8 Å². The minimum atomic E-state index is -3.04. The molecule has 2 aliphatic heterocycles. The van der Waals surface area contributed by atoms with E-state index in [4.69, 9.17) is 4.74 Å². The van der Waals surface area contributed by atoms with Crippen molar-refractivity contribution in [2.75, 3.05) is 0 Å². The Labute approximate surface area is 403 Å². The third-order valence-corrected chi connectivity index (χ3v) is 22.5. The summed E-state index contributed by atoms with van der Waals surface area (Å²) in [5.74, 6) is 3.04. The second-order valence-electron chi connectivity index (χ2n) is 20.9. The van der Waals surface area contributed by atoms with Crippen LogP contribution in [0.25, 0.3) is 22.3 Å². The minimum Gasteiger partial charge on any atom is -0.456 e. The zero-order chi connectivity index (χ0) is 45.3. The molecule has 3 heteroatoms. The van der Waals surface area contributed by atoms with Crippen molar-refractivity contribution in [2.45, 2.75) is 112 Å². The van der Waals surface area contributed by atoms with Gasteiger partial charge in [-0.2, -0.15) is 0 Å². The van der Waals surface area contributed by atoms with Gasteiger partial charge in [0.1, 0.15) is 11.5 Å². The van der Waals surface area contributed by atoms with Gasteiger partial charge in [-0.1, -0.05) is 235 Å². The molecule has 8 aromatic rings. The lowest BCUT2D eigenvalue weighted by molar-refractivity contribution is 0.419. The molecule has 0 amide bonds. The van der Waals surface area contributed by atoms with Crippen LogP contribution in [0.4, 0.5) is 0 Å². The lowest BCUT2D eigenvalue weighted by Gasteiger charge is -2.38. The van der Waals surface area contributed by atoms with E-state index in [2.05, 4.69) is 210 Å². The van der Waals surface area contributed by atoms with Gasteiger partial charge >= 0.3 is 0 Å². The Morgan fingerprint density at radius 3 is 1.51 bits per heavy atom. The Bertz CT molecular complexity index is 2940. The van der Waals surface area contributed by atoms with E-state index in [0.29, 0.717) is 11.8 Å². The molecular weight excluding hydrogens is 845 g/mol. The van der Waals surface area contributed by atoms with Gasteiger partial charge in [-0.15, -0.1) is 0 Å². The van der Waals surface area contributed by atoms with E-state index >= 15 is 0 Å². The zero-order valence-electron chi connectivity index (χ0n) is 39.4. The Morgan fingerprint density at radius 2 is 0.896 bits per heavy atom. The average molecular weight is 905 g/mol. The van der Waals surface area contributed by atoms with Gasteiger partial charge in [0.2, 0.25) is 0 Å². The Morgan fingerprint density at radius 1 is 0.418 bits per heavy atom. The van der Waals surface area contributed by atoms with Gasteiger partial charge in [-0.25, -0.2) is 0 Å². The van der Waals surface area contributed by atoms with Crippen LogP contribution in [0.5, 0.6) is 11.5 Å². The molecule has 2 fully saturated rings. The van der Waals surface area contributed by atoms with Gasteiger partial charge in [0.05, 0.1) is 0 Å². The molecule has 2 heterocycles. The van der Waals surface area contributed by atoms with Crippen LogP contribution in [-0.2, 0) is 10.8 Å². The van der Waals surface area contributed by atoms with Crippen LogP contribution in [0.15, 0.2) is 192 Å². The summed E-state index contributed by atoms with van der Waals surface area (Å²) in [4.78, 5) is 2.79. The highest BCUT2D eigenvalue weighted by Crippen LogP contribution is 2.55. The molecule has 0 aromatic heterocycles. The Balaban J connectivity index is 1.14. The third kappa shape index (κ3) is 6.86. The van der Waals surface area contributed by atoms with Crippen LogP contribution < -0.4 is 25.5 Å². The first kappa shape index (κ1) is 42.5. The standard InChI is InChI=1S/C64H60OSSi/c1-63(2)55-31-15-17-35-59(55)65-61-51(29-19-33-57(61)63)53-41-47(37-39-49(53)43-21-11-12-22-43)67(45-25-7-5-8-26-45,46-27-9-6-10-28-46)48-38-40-50(44-23-13-14-24-44)54(42-48)52-30-20-34-58-62(52)66-60-36-18-16-32-56(60)64(58,3)4/h5-10,15-20,25-44H,11-14,21-24H2,1-4H3. The fraction of sp³-hybridized carbons (Fsp3) is 0.250. The summed E-state index contributed by atoms with van der Waals surface area (Å²) >= 11 is 1.98. The van der Waals surface area contributed by atoms with Gasteiger partial charge in [-0.05, 0) is 109 Å². The van der Waals surface area contributed by atoms with E-state index < -0.39 is 8.07 Å². The first-order valence-electron chi connectivity index (χ1n) is 25.0. The molecular formula is C64H60OSSi. The highest BCUT2D eigenvalue weighted by molar-refractivity contribution is 7.99. The fourth-order valence-electron chi connectivity index (χ4n) is 13.0. The van der Waals surface area contributed by atoms with E-state index in [9.17, 15) is 0 Å². The molecule has 0 bridgehead atoms. The molecule has 0 saturated heterocycles. The lowest BCUT2D eigenvalue weighted by atomic mass is 9.74. The molecule has 0 spiro atoms. The SMILES string of the molecule is CC1(C)c2ccccc2Oc2c(-c3cc([Si](c4ccccc4)(c4ccccc4)c4ccc(C5CCCC5)c(-c5cccc6c5Sc5ccccc5C6(C)C)c4)ccc3C3CCCC3)cccc21. The number of fused-ring (bicyclic) bond motifs is 4. The zero-order valence-corrected chi connectivity index (χ0v) is 41.3. The maximum atomic E-state index is 7.11. The quantitative estimate of drug-likeness (QED) is 0.111. The van der Waals surface area contributed by atoms with Crippen molar-refractivity contribution < 1.29 is 4.74 Å². The van der Waals surface area contributed by atoms with Gasteiger partial charge in [0, 0.05) is 37.3 Å². The molecule has 0 radical (unpaired) electrons. The summed E-state index contributed by atoms with van der Waals surface area (Å²) in [6, 6.07) is 70.6. The largest absolute Gasteiger partial charge is 0.456 e. The van der Waals surface area contributed by atoms with Gasteiger partial charge < -0.3 is 4.74 Å². The van der Waals surface area contributed by atoms with E-state index in [1.165, 1.54) is 138 Å². The van der Waals surface area contributed by atoms with Crippen LogP contribution in [0.1, 0.15) is 124 Å². The number of hydrogen-bond donors (Lipinski definition) is 0. The molecule has 0 atom stereocenters. The molecule has 0 unspecified atom stereocenters. The van der Waals surface area contributed by atoms with Gasteiger partial charge in [0.25, 0.3) is 0 Å². The molecule has 332 valence electrons. The molecule has 12 rings (SSSR count). The molecule has 4 aliphatic rings. The number of ether oxygens (including phenoxy) is 1. The molecule has 8 aromatic carbocycles. The fourth-order valence-corrected chi connectivity index (χ4v) is 19.3. The van der Waals surface area contributed by atoms with Crippen LogP contribution in [-0.4, -0.2) is 8.07 Å². The first-order valence-corrected chi connectivity index (χ1v) is 27.8. The highest BCUT2D eigenvalue weighted by Gasteiger charge is 2.44. The lowest BCUT2D eigenvalue weighted by Crippen LogP contribution is -2.74. The van der Waals surface area contributed by atoms with Crippen molar-refractivity contribution in [3.8, 4) is 33.8 Å². The maximum absolute atomic E-state index is 7.11. The molecule has 1 nitrogen and oxygen atoms in total. The van der Waals surface area contributed by atoms with E-state index in [0.717, 1.165) is 11.5 Å². The summed E-state index contributed by atoms with van der Waals surface area (Å²) in [6.45, 7) is 9.57. The van der Waals surface area contributed by atoms with E-state index in [1.54, 1.807) is 0 Å². The molecule has 0 N–H and O–H groups in total. The monoisotopic (exact) mass is 904 g/mol. The molecule has 2 saturated carbocycles. The van der Waals surface area contributed by atoms with Crippen LogP contribution in [0.3, 0.4) is 0 Å². The molecule has 67 heavy (non-hydrogen) atoms. The first-order chi connectivity index (χ1) is 32.7. The summed E-state index contributed by atoms with van der Waals surface area (Å²) in [5.41, 5.74) is 13.3. The van der Waals surface area contributed by atoms with Crippen molar-refractivity contribution in [2.24, 2.45) is 0 Å². The highest BCUT2D eigenvalue weighted by atomic mass is 32.2. The van der Waals surface area contributed by atoms with Crippen LogP contribution in [0, 0.1) is 0 Å². The van der Waals surface area contributed by atoms with E-state index in [-0.39, 0.29) is 10.8 Å². The minimum absolute atomic E-state index is 0.111. The second kappa shape index (κ2) is 16.7. The van der Waals surface area contributed by atoms with Crippen molar-refractivity contribution in [1.82, 2.24) is 0 Å². The molecule has 2 aliphatic carbocycles. The summed E-state index contributed by atoms with van der Waals surface area (Å²) in [7, 11) is -3.04. The van der Waals surface area contributed by atoms with Gasteiger partial charge in [0.15, 0.2) is 8.07 Å². The van der Waals surface area contributed by atoms with Crippen molar-refractivity contribution in [3.05, 3.63) is 215 Å².